The lowest BCUT2D eigenvalue weighted by Crippen LogP contribution is -1.97. The Kier molecular flexibility index (Phi) is 3.60. The van der Waals surface area contributed by atoms with Crippen LogP contribution >= 0.6 is 0 Å². The molecule has 0 N–H and O–H groups in total. The molecule has 0 unspecified atom stereocenters. The molecule has 0 aliphatic carbocycles. The number of hydrogen-bond acceptors (Lipinski definition) is 1. The largest absolute Gasteiger partial charge is 0.486 e. The van der Waals surface area contributed by atoms with Crippen molar-refractivity contribution in [3.05, 3.63) is 65.9 Å². The fraction of sp³-hybridized carbons (Fsp3) is 0.176. The molecule has 2 aromatic carbocycles. The molecule has 0 atom stereocenters. The van der Waals surface area contributed by atoms with Crippen molar-refractivity contribution < 1.29 is 13.5 Å². The van der Waals surface area contributed by atoms with Crippen molar-refractivity contribution in [1.82, 2.24) is 4.57 Å². The Hall–Kier alpha value is -2.36. The quantitative estimate of drug-likeness (QED) is 0.688. The molecule has 21 heavy (non-hydrogen) atoms. The molecular formula is C17H15F2NO. The van der Waals surface area contributed by atoms with Gasteiger partial charge in [-0.25, -0.2) is 8.78 Å². The van der Waals surface area contributed by atoms with E-state index in [4.69, 9.17) is 4.74 Å². The third-order valence-electron chi connectivity index (χ3n) is 3.49. The van der Waals surface area contributed by atoms with Crippen LogP contribution < -0.4 is 4.74 Å². The predicted octanol–water partition coefficient (Wildman–Crippen LogP) is 4.52. The fourth-order valence-electron chi connectivity index (χ4n) is 2.47. The Bertz CT molecular complexity index is 780. The highest BCUT2D eigenvalue weighted by atomic mass is 19.1. The maximum absolute atomic E-state index is 14.0. The predicted molar refractivity (Wildman–Crippen MR) is 78.3 cm³/mol. The van der Waals surface area contributed by atoms with E-state index in [9.17, 15) is 8.78 Å². The lowest BCUT2D eigenvalue weighted by Gasteiger charge is -2.06. The summed E-state index contributed by atoms with van der Waals surface area (Å²) in [5.41, 5.74) is 1.40. The van der Waals surface area contributed by atoms with Gasteiger partial charge in [-0.2, -0.15) is 0 Å². The van der Waals surface area contributed by atoms with Crippen LogP contribution in [0, 0.1) is 11.6 Å². The van der Waals surface area contributed by atoms with E-state index in [1.165, 1.54) is 12.1 Å². The van der Waals surface area contributed by atoms with Crippen molar-refractivity contribution in [2.45, 2.75) is 20.1 Å². The normalized spacial score (nSPS) is 11.0. The van der Waals surface area contributed by atoms with Gasteiger partial charge in [0, 0.05) is 23.7 Å². The monoisotopic (exact) mass is 287 g/mol. The molecule has 3 aromatic rings. The lowest BCUT2D eigenvalue weighted by molar-refractivity contribution is 0.291. The molecule has 2 nitrogen and oxygen atoms in total. The zero-order chi connectivity index (χ0) is 14.8. The van der Waals surface area contributed by atoms with E-state index in [0.717, 1.165) is 10.9 Å². The number of halogens is 2. The van der Waals surface area contributed by atoms with Crippen LogP contribution in [-0.4, -0.2) is 4.57 Å². The molecule has 0 saturated carbocycles. The standard InChI is InChI=1S/C17H15F2NO/c1-2-20-10-12(13-6-5-8-15(19)17(13)20)11-21-16-9-4-3-7-14(16)18/h3-10H,2,11H2,1H3. The minimum atomic E-state index is -0.400. The molecule has 108 valence electrons. The average Bonchev–Trinajstić information content (AvgIpc) is 2.86. The molecule has 0 saturated heterocycles. The van der Waals surface area contributed by atoms with Gasteiger partial charge in [-0.1, -0.05) is 24.3 Å². The number of para-hydroxylation sites is 2. The van der Waals surface area contributed by atoms with Crippen LogP contribution in [0.15, 0.2) is 48.7 Å². The molecule has 0 aliphatic heterocycles. The summed E-state index contributed by atoms with van der Waals surface area (Å²) in [6.07, 6.45) is 1.86. The summed E-state index contributed by atoms with van der Waals surface area (Å²) in [6, 6.07) is 11.2. The first-order valence-corrected chi connectivity index (χ1v) is 6.84. The average molecular weight is 287 g/mol. The number of aromatic nitrogens is 1. The molecule has 0 fully saturated rings. The Morgan fingerprint density at radius 2 is 1.76 bits per heavy atom. The molecule has 3 rings (SSSR count). The third-order valence-corrected chi connectivity index (χ3v) is 3.49. The van der Waals surface area contributed by atoms with Crippen LogP contribution in [0.4, 0.5) is 8.78 Å². The van der Waals surface area contributed by atoms with E-state index in [1.807, 2.05) is 23.8 Å². The first kappa shape index (κ1) is 13.6. The van der Waals surface area contributed by atoms with E-state index in [-0.39, 0.29) is 18.2 Å². The molecular weight excluding hydrogens is 272 g/mol. The summed E-state index contributed by atoms with van der Waals surface area (Å²) in [6.45, 7) is 2.82. The number of aryl methyl sites for hydroxylation is 1. The van der Waals surface area contributed by atoms with E-state index in [2.05, 4.69) is 0 Å². The van der Waals surface area contributed by atoms with Crippen molar-refractivity contribution in [3.8, 4) is 5.75 Å². The van der Waals surface area contributed by atoms with E-state index in [0.29, 0.717) is 12.1 Å². The van der Waals surface area contributed by atoms with Gasteiger partial charge in [0.1, 0.15) is 12.4 Å². The highest BCUT2D eigenvalue weighted by Gasteiger charge is 2.12. The van der Waals surface area contributed by atoms with Gasteiger partial charge in [-0.15, -0.1) is 0 Å². The molecule has 0 spiro atoms. The maximum atomic E-state index is 14.0. The van der Waals surface area contributed by atoms with Gasteiger partial charge in [0.05, 0.1) is 5.52 Å². The SMILES string of the molecule is CCn1cc(COc2ccccc2F)c2cccc(F)c21. The van der Waals surface area contributed by atoms with Gasteiger partial charge >= 0.3 is 0 Å². The lowest BCUT2D eigenvalue weighted by atomic mass is 10.2. The van der Waals surface area contributed by atoms with E-state index >= 15 is 0 Å². The van der Waals surface area contributed by atoms with Crippen LogP contribution in [-0.2, 0) is 13.2 Å². The van der Waals surface area contributed by atoms with Gasteiger partial charge in [0.2, 0.25) is 0 Å². The van der Waals surface area contributed by atoms with Gasteiger partial charge < -0.3 is 9.30 Å². The number of benzene rings is 2. The summed E-state index contributed by atoms with van der Waals surface area (Å²) < 4.78 is 34.9. The summed E-state index contributed by atoms with van der Waals surface area (Å²) >= 11 is 0. The first-order chi connectivity index (χ1) is 10.2. The second-order valence-corrected chi connectivity index (χ2v) is 4.80. The van der Waals surface area contributed by atoms with Crippen LogP contribution in [0.3, 0.4) is 0 Å². The highest BCUT2D eigenvalue weighted by molar-refractivity contribution is 5.84. The Morgan fingerprint density at radius 3 is 2.52 bits per heavy atom. The molecule has 0 bridgehead atoms. The zero-order valence-electron chi connectivity index (χ0n) is 11.6. The van der Waals surface area contributed by atoms with Gasteiger partial charge in [-0.3, -0.25) is 0 Å². The van der Waals surface area contributed by atoms with Gasteiger partial charge in [0.15, 0.2) is 11.6 Å². The van der Waals surface area contributed by atoms with Crippen molar-refractivity contribution in [2.24, 2.45) is 0 Å². The van der Waals surface area contributed by atoms with Crippen LogP contribution in [0.2, 0.25) is 0 Å². The number of ether oxygens (including phenoxy) is 1. The van der Waals surface area contributed by atoms with Crippen LogP contribution in [0.1, 0.15) is 12.5 Å². The Morgan fingerprint density at radius 1 is 1.00 bits per heavy atom. The smallest absolute Gasteiger partial charge is 0.165 e. The molecule has 1 aromatic heterocycles. The number of rotatable bonds is 4. The number of nitrogens with zero attached hydrogens (tertiary/aromatic N) is 1. The second-order valence-electron chi connectivity index (χ2n) is 4.80. The second kappa shape index (κ2) is 5.56. The molecule has 0 radical (unpaired) electrons. The topological polar surface area (TPSA) is 14.2 Å². The minimum Gasteiger partial charge on any atom is -0.486 e. The minimum absolute atomic E-state index is 0.200. The summed E-state index contributed by atoms with van der Waals surface area (Å²) in [4.78, 5) is 0. The Balaban J connectivity index is 1.95. The van der Waals surface area contributed by atoms with E-state index < -0.39 is 5.82 Å². The third kappa shape index (κ3) is 2.49. The first-order valence-electron chi connectivity index (χ1n) is 6.84. The van der Waals surface area contributed by atoms with E-state index in [1.54, 1.807) is 24.3 Å². The maximum Gasteiger partial charge on any atom is 0.165 e. The highest BCUT2D eigenvalue weighted by Crippen LogP contribution is 2.26. The molecule has 0 amide bonds. The van der Waals surface area contributed by atoms with Crippen LogP contribution in [0.25, 0.3) is 10.9 Å². The molecule has 1 heterocycles. The summed E-state index contributed by atoms with van der Waals surface area (Å²) in [5, 5.41) is 0.799. The van der Waals surface area contributed by atoms with Gasteiger partial charge in [-0.05, 0) is 25.1 Å². The molecule has 0 aliphatic rings. The van der Waals surface area contributed by atoms with Gasteiger partial charge in [0.25, 0.3) is 0 Å². The van der Waals surface area contributed by atoms with Crippen molar-refractivity contribution in [3.63, 3.8) is 0 Å². The van der Waals surface area contributed by atoms with Crippen molar-refractivity contribution >= 4 is 10.9 Å². The number of fused-ring (bicyclic) bond motifs is 1. The summed E-state index contributed by atoms with van der Waals surface area (Å²) in [5.74, 6) is -0.458. The van der Waals surface area contributed by atoms with Crippen molar-refractivity contribution in [1.29, 1.82) is 0 Å². The number of hydrogen-bond donors (Lipinski definition) is 0. The Labute approximate surface area is 121 Å². The summed E-state index contributed by atoms with van der Waals surface area (Å²) in [7, 11) is 0. The van der Waals surface area contributed by atoms with Crippen LogP contribution in [0.5, 0.6) is 5.75 Å². The zero-order valence-corrected chi connectivity index (χ0v) is 11.6. The van der Waals surface area contributed by atoms with Crippen molar-refractivity contribution in [2.75, 3.05) is 0 Å². The fourth-order valence-corrected chi connectivity index (χ4v) is 2.47. The molecule has 4 heteroatoms.